The van der Waals surface area contributed by atoms with Crippen LogP contribution in [0.15, 0.2) is 0 Å². The molecular formula is C12H24ClN3O2. The van der Waals surface area contributed by atoms with Crippen molar-refractivity contribution in [2.24, 2.45) is 0 Å². The first-order valence-corrected chi connectivity index (χ1v) is 6.09. The Hall–Kier alpha value is -0.810. The largest absolute Gasteiger partial charge is 0.351 e. The van der Waals surface area contributed by atoms with Crippen molar-refractivity contribution in [2.75, 3.05) is 20.1 Å². The summed E-state index contributed by atoms with van der Waals surface area (Å²) in [6.45, 7) is 7.31. The zero-order valence-electron chi connectivity index (χ0n) is 11.6. The normalized spacial score (nSPS) is 19.7. The smallest absolute Gasteiger partial charge is 0.225 e. The van der Waals surface area contributed by atoms with Gasteiger partial charge in [-0.05, 0) is 27.8 Å². The molecule has 1 atom stereocenters. The van der Waals surface area contributed by atoms with Crippen LogP contribution >= 0.6 is 12.4 Å². The molecular weight excluding hydrogens is 254 g/mol. The molecule has 0 saturated carbocycles. The summed E-state index contributed by atoms with van der Waals surface area (Å²) in [6.07, 6.45) is 0.874. The minimum Gasteiger partial charge on any atom is -0.351 e. The first kappa shape index (κ1) is 17.2. The molecule has 18 heavy (non-hydrogen) atoms. The second-order valence-corrected chi connectivity index (χ2v) is 5.50. The van der Waals surface area contributed by atoms with Crippen molar-refractivity contribution in [3.63, 3.8) is 0 Å². The van der Waals surface area contributed by atoms with E-state index in [1.54, 1.807) is 0 Å². The fourth-order valence-corrected chi connectivity index (χ4v) is 1.99. The Morgan fingerprint density at radius 2 is 2.06 bits per heavy atom. The zero-order chi connectivity index (χ0) is 13.1. The van der Waals surface area contributed by atoms with Crippen LogP contribution in [0.25, 0.3) is 0 Å². The maximum absolute atomic E-state index is 11.8. The number of nitrogens with zero attached hydrogens (tertiary/aromatic N) is 1. The summed E-state index contributed by atoms with van der Waals surface area (Å²) >= 11 is 0. The lowest BCUT2D eigenvalue weighted by molar-refractivity contribution is -0.131. The summed E-state index contributed by atoms with van der Waals surface area (Å²) in [5.41, 5.74) is -0.165. The third-order valence-electron chi connectivity index (χ3n) is 2.90. The van der Waals surface area contributed by atoms with Crippen molar-refractivity contribution < 1.29 is 9.59 Å². The van der Waals surface area contributed by atoms with Crippen molar-refractivity contribution in [3.05, 3.63) is 0 Å². The molecule has 1 aliphatic heterocycles. The molecule has 5 nitrogen and oxygen atoms in total. The minimum absolute atomic E-state index is 0. The van der Waals surface area contributed by atoms with Crippen molar-refractivity contribution in [1.29, 1.82) is 0 Å². The predicted octanol–water partition coefficient (Wildman–Crippen LogP) is 0.533. The quantitative estimate of drug-likeness (QED) is 0.788. The molecule has 2 N–H and O–H groups in total. The molecule has 0 radical (unpaired) electrons. The molecule has 0 aromatic heterocycles. The molecule has 106 valence electrons. The highest BCUT2D eigenvalue weighted by atomic mass is 35.5. The molecule has 0 spiro atoms. The molecule has 1 unspecified atom stereocenters. The molecule has 0 aliphatic carbocycles. The Bertz CT molecular complexity index is 302. The first-order valence-electron chi connectivity index (χ1n) is 6.09. The van der Waals surface area contributed by atoms with E-state index >= 15 is 0 Å². The van der Waals surface area contributed by atoms with Crippen molar-refractivity contribution in [2.45, 2.75) is 45.2 Å². The SMILES string of the molecule is CNCCC(=O)NC1CC(=O)N(C(C)(C)C)C1.Cl. The van der Waals surface area contributed by atoms with E-state index in [4.69, 9.17) is 0 Å². The van der Waals surface area contributed by atoms with Gasteiger partial charge in [0.1, 0.15) is 0 Å². The molecule has 0 bridgehead atoms. The van der Waals surface area contributed by atoms with Crippen LogP contribution < -0.4 is 10.6 Å². The lowest BCUT2D eigenvalue weighted by Gasteiger charge is -2.32. The monoisotopic (exact) mass is 277 g/mol. The first-order chi connectivity index (χ1) is 7.84. The van der Waals surface area contributed by atoms with Crippen LogP contribution in [0.1, 0.15) is 33.6 Å². The molecule has 0 aromatic carbocycles. The van der Waals surface area contributed by atoms with Crippen LogP contribution in [0.2, 0.25) is 0 Å². The summed E-state index contributed by atoms with van der Waals surface area (Å²) in [7, 11) is 1.81. The van der Waals surface area contributed by atoms with Gasteiger partial charge in [0.15, 0.2) is 0 Å². The number of nitrogens with one attached hydrogen (secondary N) is 2. The summed E-state index contributed by atoms with van der Waals surface area (Å²) in [5, 5.41) is 5.83. The van der Waals surface area contributed by atoms with Crippen molar-refractivity contribution in [1.82, 2.24) is 15.5 Å². The summed E-state index contributed by atoms with van der Waals surface area (Å²) < 4.78 is 0. The van der Waals surface area contributed by atoms with Crippen LogP contribution in [-0.2, 0) is 9.59 Å². The van der Waals surface area contributed by atoms with E-state index < -0.39 is 0 Å². The highest BCUT2D eigenvalue weighted by Gasteiger charge is 2.36. The minimum atomic E-state index is -0.165. The highest BCUT2D eigenvalue weighted by molar-refractivity contribution is 5.85. The van der Waals surface area contributed by atoms with Gasteiger partial charge in [-0.1, -0.05) is 0 Å². The lowest BCUT2D eigenvalue weighted by atomic mass is 10.1. The number of carbonyl (C=O) groups excluding carboxylic acids is 2. The highest BCUT2D eigenvalue weighted by Crippen LogP contribution is 2.21. The fourth-order valence-electron chi connectivity index (χ4n) is 1.99. The molecule has 1 heterocycles. The third kappa shape index (κ3) is 4.82. The van der Waals surface area contributed by atoms with E-state index in [0.717, 1.165) is 0 Å². The van der Waals surface area contributed by atoms with Gasteiger partial charge in [0, 0.05) is 31.5 Å². The van der Waals surface area contributed by atoms with Gasteiger partial charge in [0.2, 0.25) is 11.8 Å². The standard InChI is InChI=1S/C12H23N3O2.ClH/c1-12(2,3)15-8-9(7-11(15)17)14-10(16)5-6-13-4;/h9,13H,5-8H2,1-4H3,(H,14,16);1H. The Balaban J connectivity index is 0.00000289. The Morgan fingerprint density at radius 1 is 1.44 bits per heavy atom. The zero-order valence-corrected chi connectivity index (χ0v) is 12.4. The Kier molecular flexibility index (Phi) is 6.63. The van der Waals surface area contributed by atoms with E-state index in [2.05, 4.69) is 10.6 Å². The molecule has 2 amide bonds. The maximum Gasteiger partial charge on any atom is 0.225 e. The predicted molar refractivity (Wildman–Crippen MR) is 73.8 cm³/mol. The van der Waals surface area contributed by atoms with Crippen LogP contribution in [0.5, 0.6) is 0 Å². The van der Waals surface area contributed by atoms with Crippen LogP contribution in [0.4, 0.5) is 0 Å². The third-order valence-corrected chi connectivity index (χ3v) is 2.90. The number of carbonyl (C=O) groups is 2. The number of hydrogen-bond donors (Lipinski definition) is 2. The summed E-state index contributed by atoms with van der Waals surface area (Å²) in [6, 6.07) is -0.0360. The summed E-state index contributed by atoms with van der Waals surface area (Å²) in [4.78, 5) is 25.2. The van der Waals surface area contributed by atoms with Crippen molar-refractivity contribution >= 4 is 24.2 Å². The maximum atomic E-state index is 11.8. The second-order valence-electron chi connectivity index (χ2n) is 5.50. The Morgan fingerprint density at radius 3 is 2.50 bits per heavy atom. The van der Waals surface area contributed by atoms with E-state index in [1.165, 1.54) is 0 Å². The molecule has 1 fully saturated rings. The van der Waals surface area contributed by atoms with Gasteiger partial charge in [-0.25, -0.2) is 0 Å². The number of rotatable bonds is 4. The van der Waals surface area contributed by atoms with Gasteiger partial charge < -0.3 is 15.5 Å². The molecule has 0 aromatic rings. The fraction of sp³-hybridized carbons (Fsp3) is 0.833. The molecule has 1 aliphatic rings. The topological polar surface area (TPSA) is 61.4 Å². The number of amides is 2. The number of hydrogen-bond acceptors (Lipinski definition) is 3. The van der Waals surface area contributed by atoms with Gasteiger partial charge >= 0.3 is 0 Å². The van der Waals surface area contributed by atoms with Crippen molar-refractivity contribution in [3.8, 4) is 0 Å². The number of halogens is 1. The van der Waals surface area contributed by atoms with Crippen LogP contribution in [0, 0.1) is 0 Å². The van der Waals surface area contributed by atoms with E-state index in [-0.39, 0.29) is 35.8 Å². The van der Waals surface area contributed by atoms with E-state index in [9.17, 15) is 9.59 Å². The van der Waals surface area contributed by atoms with Gasteiger partial charge in [-0.2, -0.15) is 0 Å². The van der Waals surface area contributed by atoms with E-state index in [1.807, 2.05) is 32.7 Å². The lowest BCUT2D eigenvalue weighted by Crippen LogP contribution is -2.44. The molecule has 1 saturated heterocycles. The average Bonchev–Trinajstić information content (AvgIpc) is 2.56. The van der Waals surface area contributed by atoms with Crippen LogP contribution in [0.3, 0.4) is 0 Å². The van der Waals surface area contributed by atoms with Gasteiger partial charge in [-0.15, -0.1) is 12.4 Å². The second kappa shape index (κ2) is 6.95. The number of likely N-dealkylation sites (tertiary alicyclic amines) is 1. The molecule has 6 heteroatoms. The molecule has 1 rings (SSSR count). The Labute approximate surface area is 115 Å². The average molecular weight is 278 g/mol. The van der Waals surface area contributed by atoms with Gasteiger partial charge in [0.05, 0.1) is 6.04 Å². The van der Waals surface area contributed by atoms with E-state index in [0.29, 0.717) is 25.9 Å². The summed E-state index contributed by atoms with van der Waals surface area (Å²) in [5.74, 6) is 0.129. The van der Waals surface area contributed by atoms with Gasteiger partial charge in [0.25, 0.3) is 0 Å². The van der Waals surface area contributed by atoms with Gasteiger partial charge in [-0.3, -0.25) is 9.59 Å². The van der Waals surface area contributed by atoms with Crippen LogP contribution in [-0.4, -0.2) is 48.4 Å².